The number of ether oxygens (including phenoxy) is 1. The molecule has 0 bridgehead atoms. The van der Waals surface area contributed by atoms with E-state index in [0.717, 1.165) is 26.6 Å². The molecule has 0 saturated heterocycles. The fraction of sp³-hybridized carbons (Fsp3) is 0.118. The molecule has 4 N–H and O–H groups in total. The van der Waals surface area contributed by atoms with E-state index >= 15 is 0 Å². The highest BCUT2D eigenvalue weighted by Gasteiger charge is 2.15. The fourth-order valence-corrected chi connectivity index (χ4v) is 3.22. The number of aryl methyl sites for hydroxylation is 1. The Bertz CT molecular complexity index is 1100. The van der Waals surface area contributed by atoms with Crippen molar-refractivity contribution in [3.63, 3.8) is 0 Å². The number of hydrogen-bond acceptors (Lipinski definition) is 6. The molecule has 0 fully saturated rings. The fourth-order valence-electron chi connectivity index (χ4n) is 2.81. The van der Waals surface area contributed by atoms with Gasteiger partial charge in [0.25, 0.3) is 5.88 Å². The van der Waals surface area contributed by atoms with Crippen molar-refractivity contribution in [1.29, 1.82) is 0 Å². The number of para-hydroxylation sites is 1. The molecule has 9 heteroatoms. The predicted octanol–water partition coefficient (Wildman–Crippen LogP) is 3.46. The van der Waals surface area contributed by atoms with E-state index in [1.54, 1.807) is 24.2 Å². The number of aromatic amines is 1. The summed E-state index contributed by atoms with van der Waals surface area (Å²) in [7, 11) is 3.38. The number of H-pyrrole nitrogens is 1. The summed E-state index contributed by atoms with van der Waals surface area (Å²) < 4.78 is 7.70. The van der Waals surface area contributed by atoms with Crippen molar-refractivity contribution in [3.8, 4) is 17.1 Å². The molecule has 0 aliphatic carbocycles. The number of fused-ring (bicyclic) bond motifs is 1. The van der Waals surface area contributed by atoms with Gasteiger partial charge in [-0.2, -0.15) is 0 Å². The van der Waals surface area contributed by atoms with E-state index < -0.39 is 0 Å². The van der Waals surface area contributed by atoms with Crippen molar-refractivity contribution in [2.75, 3.05) is 18.2 Å². The number of nitrogens with zero attached hydrogens (tertiary/aromatic N) is 4. The summed E-state index contributed by atoms with van der Waals surface area (Å²) in [4.78, 5) is 12.2. The van der Waals surface area contributed by atoms with Crippen LogP contribution in [0.3, 0.4) is 0 Å². The van der Waals surface area contributed by atoms with Crippen LogP contribution in [0.1, 0.15) is 0 Å². The number of rotatable bonds is 4. The van der Waals surface area contributed by atoms with Crippen LogP contribution in [0, 0.1) is 0 Å². The van der Waals surface area contributed by atoms with Gasteiger partial charge < -0.3 is 20.8 Å². The standard InChI is InChI=1S/C17H16BrN7O/c1-25-8-13(16(24-25)26-2)22-17-21-7-11(18)14(23-17)10-6-20-15-9(10)4-3-5-12(15)19/h3-8,20H,19H2,1-2H3,(H,21,22,23). The molecular formula is C17H16BrN7O. The number of benzene rings is 1. The Morgan fingerprint density at radius 1 is 1.35 bits per heavy atom. The average molecular weight is 414 g/mol. The van der Waals surface area contributed by atoms with Crippen molar-refractivity contribution < 1.29 is 4.74 Å². The number of hydrogen-bond donors (Lipinski definition) is 3. The maximum Gasteiger partial charge on any atom is 0.256 e. The summed E-state index contributed by atoms with van der Waals surface area (Å²) in [5, 5.41) is 8.36. The zero-order valence-corrected chi connectivity index (χ0v) is 15.7. The largest absolute Gasteiger partial charge is 0.478 e. The van der Waals surface area contributed by atoms with E-state index in [-0.39, 0.29) is 0 Å². The van der Waals surface area contributed by atoms with E-state index in [9.17, 15) is 0 Å². The van der Waals surface area contributed by atoms with Crippen molar-refractivity contribution in [2.45, 2.75) is 0 Å². The predicted molar refractivity (Wildman–Crippen MR) is 104 cm³/mol. The SMILES string of the molecule is COc1nn(C)cc1Nc1ncc(Br)c(-c2c[nH]c3c(N)cccc23)n1. The highest BCUT2D eigenvalue weighted by Crippen LogP contribution is 2.35. The second kappa shape index (κ2) is 6.34. The van der Waals surface area contributed by atoms with Gasteiger partial charge in [0.15, 0.2) is 0 Å². The Labute approximate surface area is 157 Å². The molecular weight excluding hydrogens is 398 g/mol. The molecule has 0 saturated carbocycles. The summed E-state index contributed by atoms with van der Waals surface area (Å²) in [5.41, 5.74) is 9.99. The molecule has 1 aromatic carbocycles. The minimum Gasteiger partial charge on any atom is -0.478 e. The normalized spacial score (nSPS) is 11.0. The number of anilines is 3. The van der Waals surface area contributed by atoms with Gasteiger partial charge in [-0.25, -0.2) is 9.97 Å². The van der Waals surface area contributed by atoms with Gasteiger partial charge in [0.1, 0.15) is 5.69 Å². The van der Waals surface area contributed by atoms with Gasteiger partial charge in [-0.15, -0.1) is 5.10 Å². The topological polar surface area (TPSA) is 107 Å². The average Bonchev–Trinajstić information content (AvgIpc) is 3.21. The minimum atomic E-state index is 0.438. The highest BCUT2D eigenvalue weighted by molar-refractivity contribution is 9.10. The number of nitrogens with one attached hydrogen (secondary N) is 2. The molecule has 0 radical (unpaired) electrons. The van der Waals surface area contributed by atoms with E-state index in [1.807, 2.05) is 31.4 Å². The summed E-state index contributed by atoms with van der Waals surface area (Å²) >= 11 is 3.53. The van der Waals surface area contributed by atoms with Gasteiger partial charge in [0.05, 0.1) is 34.7 Å². The zero-order valence-electron chi connectivity index (χ0n) is 14.1. The molecule has 0 atom stereocenters. The van der Waals surface area contributed by atoms with Crippen molar-refractivity contribution in [2.24, 2.45) is 7.05 Å². The molecule has 3 aromatic heterocycles. The van der Waals surface area contributed by atoms with Gasteiger partial charge >= 0.3 is 0 Å². The van der Waals surface area contributed by atoms with Crippen LogP contribution in [0.5, 0.6) is 5.88 Å². The van der Waals surface area contributed by atoms with Crippen LogP contribution in [-0.2, 0) is 7.05 Å². The zero-order chi connectivity index (χ0) is 18.3. The molecule has 0 amide bonds. The molecule has 0 aliphatic rings. The third-order valence-electron chi connectivity index (χ3n) is 3.98. The first kappa shape index (κ1) is 16.4. The van der Waals surface area contributed by atoms with Gasteiger partial charge in [-0.1, -0.05) is 12.1 Å². The number of halogens is 1. The van der Waals surface area contributed by atoms with Gasteiger partial charge in [-0.05, 0) is 22.0 Å². The first-order valence-corrected chi connectivity index (χ1v) is 8.59. The third kappa shape index (κ3) is 2.76. The quantitative estimate of drug-likeness (QED) is 0.442. The summed E-state index contributed by atoms with van der Waals surface area (Å²) in [5.74, 6) is 0.910. The van der Waals surface area contributed by atoms with Crippen LogP contribution < -0.4 is 15.8 Å². The van der Waals surface area contributed by atoms with E-state index in [4.69, 9.17) is 10.5 Å². The van der Waals surface area contributed by atoms with Gasteiger partial charge in [-0.3, -0.25) is 4.68 Å². The Kier molecular flexibility index (Phi) is 4.00. The lowest BCUT2D eigenvalue weighted by molar-refractivity contribution is 0.393. The molecule has 4 aromatic rings. The van der Waals surface area contributed by atoms with E-state index in [0.29, 0.717) is 23.2 Å². The van der Waals surface area contributed by atoms with Crippen LogP contribution in [0.2, 0.25) is 0 Å². The second-order valence-electron chi connectivity index (χ2n) is 5.71. The molecule has 4 rings (SSSR count). The van der Waals surface area contributed by atoms with Crippen LogP contribution in [-0.4, -0.2) is 31.8 Å². The molecule has 0 aliphatic heterocycles. The molecule has 3 heterocycles. The molecule has 0 unspecified atom stereocenters. The lowest BCUT2D eigenvalue weighted by atomic mass is 10.1. The van der Waals surface area contributed by atoms with Gasteiger partial charge in [0.2, 0.25) is 5.95 Å². The van der Waals surface area contributed by atoms with Crippen LogP contribution in [0.4, 0.5) is 17.3 Å². The minimum absolute atomic E-state index is 0.438. The Morgan fingerprint density at radius 3 is 3.00 bits per heavy atom. The van der Waals surface area contributed by atoms with E-state index in [1.165, 1.54) is 0 Å². The molecule has 0 spiro atoms. The second-order valence-corrected chi connectivity index (χ2v) is 6.57. The summed E-state index contributed by atoms with van der Waals surface area (Å²) in [6.07, 6.45) is 5.40. The van der Waals surface area contributed by atoms with E-state index in [2.05, 4.69) is 41.3 Å². The van der Waals surface area contributed by atoms with Crippen LogP contribution in [0.15, 0.2) is 41.3 Å². The maximum absolute atomic E-state index is 6.04. The highest BCUT2D eigenvalue weighted by atomic mass is 79.9. The summed E-state index contributed by atoms with van der Waals surface area (Å²) in [6, 6.07) is 5.78. The molecule has 26 heavy (non-hydrogen) atoms. The van der Waals surface area contributed by atoms with Crippen LogP contribution in [0.25, 0.3) is 22.2 Å². The smallest absolute Gasteiger partial charge is 0.256 e. The Hall–Kier alpha value is -3.07. The van der Waals surface area contributed by atoms with Crippen molar-refractivity contribution >= 4 is 44.2 Å². The number of methoxy groups -OCH3 is 1. The number of nitrogen functional groups attached to an aromatic ring is 1. The number of nitrogens with two attached hydrogens (primary N) is 1. The monoisotopic (exact) mass is 413 g/mol. The summed E-state index contributed by atoms with van der Waals surface area (Å²) in [6.45, 7) is 0. The Morgan fingerprint density at radius 2 is 2.19 bits per heavy atom. The lowest BCUT2D eigenvalue weighted by Crippen LogP contribution is -1.99. The first-order chi connectivity index (χ1) is 12.6. The molecule has 132 valence electrons. The third-order valence-corrected chi connectivity index (χ3v) is 4.56. The van der Waals surface area contributed by atoms with Gasteiger partial charge in [0, 0.05) is 30.4 Å². The maximum atomic E-state index is 6.04. The van der Waals surface area contributed by atoms with Crippen molar-refractivity contribution in [3.05, 3.63) is 41.3 Å². The molecule has 8 nitrogen and oxygen atoms in total. The first-order valence-electron chi connectivity index (χ1n) is 7.80. The Balaban J connectivity index is 1.78. The van der Waals surface area contributed by atoms with Crippen LogP contribution >= 0.6 is 15.9 Å². The van der Waals surface area contributed by atoms with Crippen molar-refractivity contribution in [1.82, 2.24) is 24.7 Å². The lowest BCUT2D eigenvalue weighted by Gasteiger charge is -2.07. The number of aromatic nitrogens is 5.